The second-order valence-electron chi connectivity index (χ2n) is 6.46. The topological polar surface area (TPSA) is 145 Å². The van der Waals surface area contributed by atoms with E-state index in [1.165, 1.54) is 12.4 Å². The molecule has 0 fully saturated rings. The number of aromatic nitrogens is 4. The second kappa shape index (κ2) is 10.5. The van der Waals surface area contributed by atoms with Crippen LogP contribution in [-0.2, 0) is 24.1 Å². The van der Waals surface area contributed by atoms with Gasteiger partial charge in [-0.1, -0.05) is 5.21 Å². The Hall–Kier alpha value is -3.55. The van der Waals surface area contributed by atoms with Crippen LogP contribution in [0, 0.1) is 0 Å². The van der Waals surface area contributed by atoms with Gasteiger partial charge in [-0.25, -0.2) is 14.9 Å². The molecular formula is C17H20F4N8O2. The third-order valence-corrected chi connectivity index (χ3v) is 3.88. The van der Waals surface area contributed by atoms with Gasteiger partial charge >= 0.3 is 6.18 Å². The number of nitrogens with one attached hydrogen (secondary N) is 1. The van der Waals surface area contributed by atoms with Gasteiger partial charge in [-0.2, -0.15) is 13.2 Å². The Morgan fingerprint density at radius 3 is 2.77 bits per heavy atom. The molecule has 0 radical (unpaired) electrons. The van der Waals surface area contributed by atoms with Crippen LogP contribution < -0.4 is 16.9 Å². The van der Waals surface area contributed by atoms with E-state index in [4.69, 9.17) is 11.6 Å². The number of nitrogens with two attached hydrogens (primary N) is 2. The Balaban J connectivity index is 1.85. The zero-order valence-electron chi connectivity index (χ0n) is 16.1. The first-order valence-electron chi connectivity index (χ1n) is 8.86. The molecule has 0 saturated heterocycles. The summed E-state index contributed by atoms with van der Waals surface area (Å²) in [6.45, 7) is -0.348. The molecule has 2 rings (SSSR count). The Bertz CT molecular complexity index is 931. The number of carbonyl (C=O) groups excluding carboxylic acids is 2. The van der Waals surface area contributed by atoms with Gasteiger partial charge in [-0.05, 0) is 18.1 Å². The van der Waals surface area contributed by atoms with Crippen molar-refractivity contribution in [3.8, 4) is 0 Å². The summed E-state index contributed by atoms with van der Waals surface area (Å²) in [7, 11) is 0. The zero-order chi connectivity index (χ0) is 23.0. The van der Waals surface area contributed by atoms with Crippen molar-refractivity contribution in [1.82, 2.24) is 30.3 Å². The number of nitrogens with zero attached hydrogens (tertiary/aromatic N) is 5. The maximum absolute atomic E-state index is 14.1. The highest BCUT2D eigenvalue weighted by molar-refractivity contribution is 5.91. The minimum absolute atomic E-state index is 0.0108. The third kappa shape index (κ3) is 7.65. The molecular weight excluding hydrogens is 424 g/mol. The Kier molecular flexibility index (Phi) is 8.01. The molecule has 168 valence electrons. The molecule has 5 N–H and O–H groups in total. The lowest BCUT2D eigenvalue weighted by molar-refractivity contribution is -0.137. The van der Waals surface area contributed by atoms with Crippen molar-refractivity contribution in [2.24, 2.45) is 11.6 Å². The van der Waals surface area contributed by atoms with E-state index in [0.717, 1.165) is 22.0 Å². The summed E-state index contributed by atoms with van der Waals surface area (Å²) in [4.78, 5) is 26.0. The van der Waals surface area contributed by atoms with E-state index in [1.807, 2.05) is 0 Å². The fraction of sp³-hybridized carbons (Fsp3) is 0.353. The van der Waals surface area contributed by atoms with Gasteiger partial charge < -0.3 is 16.1 Å². The number of halogens is 4. The second-order valence-corrected chi connectivity index (χ2v) is 6.46. The van der Waals surface area contributed by atoms with Crippen molar-refractivity contribution < 1.29 is 27.2 Å². The first-order chi connectivity index (χ1) is 14.6. The van der Waals surface area contributed by atoms with E-state index in [1.54, 1.807) is 0 Å². The minimum Gasteiger partial charge on any atom is -0.395 e. The molecule has 0 spiro atoms. The van der Waals surface area contributed by atoms with E-state index < -0.39 is 23.8 Å². The lowest BCUT2D eigenvalue weighted by Gasteiger charge is -2.15. The van der Waals surface area contributed by atoms with Gasteiger partial charge in [0.1, 0.15) is 6.17 Å². The molecule has 1 unspecified atom stereocenters. The van der Waals surface area contributed by atoms with Crippen LogP contribution in [-0.4, -0.2) is 49.9 Å². The van der Waals surface area contributed by atoms with E-state index in [2.05, 4.69) is 20.6 Å². The van der Waals surface area contributed by atoms with Crippen LogP contribution in [0.4, 0.5) is 17.6 Å². The van der Waals surface area contributed by atoms with Gasteiger partial charge in [0.05, 0.1) is 24.0 Å². The Morgan fingerprint density at radius 2 is 2.10 bits per heavy atom. The summed E-state index contributed by atoms with van der Waals surface area (Å²) < 4.78 is 53.3. The van der Waals surface area contributed by atoms with Crippen molar-refractivity contribution in [3.63, 3.8) is 0 Å². The van der Waals surface area contributed by atoms with Crippen LogP contribution in [0.1, 0.15) is 28.0 Å². The Morgan fingerprint density at radius 1 is 1.35 bits per heavy atom. The number of hydrazine groups is 1. The van der Waals surface area contributed by atoms with Crippen molar-refractivity contribution in [2.45, 2.75) is 31.9 Å². The summed E-state index contributed by atoms with van der Waals surface area (Å²) in [5.74, 6) is 4.85. The van der Waals surface area contributed by atoms with E-state index in [9.17, 15) is 27.2 Å². The molecule has 2 aromatic rings. The van der Waals surface area contributed by atoms with Crippen LogP contribution in [0.3, 0.4) is 0 Å². The van der Waals surface area contributed by atoms with Gasteiger partial charge in [-0.15, -0.1) is 5.10 Å². The molecule has 0 saturated carbocycles. The highest BCUT2D eigenvalue weighted by Gasteiger charge is 2.31. The number of hydrogen-bond donors (Lipinski definition) is 3. The predicted molar refractivity (Wildman–Crippen MR) is 99.2 cm³/mol. The van der Waals surface area contributed by atoms with E-state index in [-0.39, 0.29) is 43.0 Å². The van der Waals surface area contributed by atoms with Gasteiger partial charge in [0.2, 0.25) is 0 Å². The molecule has 2 heterocycles. The van der Waals surface area contributed by atoms with E-state index >= 15 is 0 Å². The lowest BCUT2D eigenvalue weighted by Crippen LogP contribution is -2.30. The summed E-state index contributed by atoms with van der Waals surface area (Å²) in [5, 5.41) is 10.7. The molecule has 10 nitrogen and oxygen atoms in total. The van der Waals surface area contributed by atoms with Gasteiger partial charge in [0, 0.05) is 31.7 Å². The maximum atomic E-state index is 14.1. The first kappa shape index (κ1) is 23.7. The highest BCUT2D eigenvalue weighted by atomic mass is 19.4. The average Bonchev–Trinajstić information content (AvgIpc) is 3.18. The molecule has 0 bridgehead atoms. The first-order valence-corrected chi connectivity index (χ1v) is 8.86. The standard InChI is InChI=1S/C17H20F4N8O2/c18-13(1-2-28(23)8-14(22)10-30)7-29-9-15(26-27-29)16(31)25-5-11-3-12(6-24-4-11)17(19,20)21/h3-4,6,8-10,13H,1-2,5,7,22-23H2,(H,25,31)/b14-8-. The smallest absolute Gasteiger partial charge is 0.395 e. The van der Waals surface area contributed by atoms with Crippen molar-refractivity contribution in [3.05, 3.63) is 53.4 Å². The molecule has 0 aromatic carbocycles. The molecule has 2 aromatic heterocycles. The minimum atomic E-state index is -4.54. The molecule has 31 heavy (non-hydrogen) atoms. The van der Waals surface area contributed by atoms with Crippen LogP contribution in [0.25, 0.3) is 0 Å². The quantitative estimate of drug-likeness (QED) is 0.158. The maximum Gasteiger partial charge on any atom is 0.417 e. The monoisotopic (exact) mass is 444 g/mol. The van der Waals surface area contributed by atoms with Crippen molar-refractivity contribution in [2.75, 3.05) is 6.54 Å². The van der Waals surface area contributed by atoms with Crippen LogP contribution in [0.5, 0.6) is 0 Å². The van der Waals surface area contributed by atoms with Gasteiger partial charge in [0.25, 0.3) is 5.91 Å². The number of carbonyl (C=O) groups is 2. The number of alkyl halides is 4. The predicted octanol–water partition coefficient (Wildman–Crippen LogP) is 0.525. The molecule has 14 heteroatoms. The third-order valence-electron chi connectivity index (χ3n) is 3.88. The number of allylic oxidation sites excluding steroid dienone is 1. The van der Waals surface area contributed by atoms with E-state index in [0.29, 0.717) is 12.5 Å². The number of amides is 1. The van der Waals surface area contributed by atoms with Crippen molar-refractivity contribution >= 4 is 12.2 Å². The number of pyridine rings is 1. The molecule has 1 amide bonds. The van der Waals surface area contributed by atoms with Gasteiger partial charge in [-0.3, -0.25) is 14.6 Å². The number of hydrogen-bond acceptors (Lipinski definition) is 8. The fourth-order valence-corrected chi connectivity index (χ4v) is 2.37. The molecule has 1 atom stereocenters. The SMILES string of the molecule is N/C(C=O)=C\N(N)CCC(F)Cn1cc(C(=O)NCc2cncc(C(F)(F)F)c2)nn1. The van der Waals surface area contributed by atoms with Gasteiger partial charge in [0.15, 0.2) is 12.0 Å². The molecule has 0 aliphatic rings. The Labute approximate surface area is 173 Å². The summed E-state index contributed by atoms with van der Waals surface area (Å²) in [6, 6.07) is 0.871. The summed E-state index contributed by atoms with van der Waals surface area (Å²) in [6.07, 6.45) is -1.29. The normalized spacial score (nSPS) is 13.0. The molecule has 0 aliphatic carbocycles. The van der Waals surface area contributed by atoms with Crippen LogP contribution >= 0.6 is 0 Å². The van der Waals surface area contributed by atoms with Crippen LogP contribution in [0.15, 0.2) is 36.6 Å². The summed E-state index contributed by atoms with van der Waals surface area (Å²) in [5.41, 5.74) is 4.27. The highest BCUT2D eigenvalue weighted by Crippen LogP contribution is 2.28. The number of rotatable bonds is 10. The zero-order valence-corrected chi connectivity index (χ0v) is 16.1. The van der Waals surface area contributed by atoms with Crippen LogP contribution in [0.2, 0.25) is 0 Å². The largest absolute Gasteiger partial charge is 0.417 e. The summed E-state index contributed by atoms with van der Waals surface area (Å²) >= 11 is 0. The fourth-order valence-electron chi connectivity index (χ4n) is 2.37. The average molecular weight is 444 g/mol. The van der Waals surface area contributed by atoms with Crippen molar-refractivity contribution in [1.29, 1.82) is 0 Å². The molecule has 0 aliphatic heterocycles. The lowest BCUT2D eigenvalue weighted by atomic mass is 10.2. The number of aldehydes is 1.